The van der Waals surface area contributed by atoms with Gasteiger partial charge in [-0.05, 0) is 48.6 Å². The summed E-state index contributed by atoms with van der Waals surface area (Å²) in [6.45, 7) is 4.01. The molecule has 0 bridgehead atoms. The molecule has 0 radical (unpaired) electrons. The van der Waals surface area contributed by atoms with Crippen LogP contribution < -0.4 is 9.47 Å². The zero-order chi connectivity index (χ0) is 17.0. The minimum absolute atomic E-state index is 0.366. The van der Waals surface area contributed by atoms with Gasteiger partial charge >= 0.3 is 5.97 Å². The molecule has 2 rings (SSSR count). The molecule has 1 atom stereocenters. The van der Waals surface area contributed by atoms with Crippen molar-refractivity contribution in [2.24, 2.45) is 0 Å². The van der Waals surface area contributed by atoms with Crippen molar-refractivity contribution in [3.05, 3.63) is 58.7 Å². The van der Waals surface area contributed by atoms with Gasteiger partial charge in [-0.1, -0.05) is 24.3 Å². The SMILES string of the molecule is COc1ccc(CC(C(=O)O)c2ccc(C)c(C)c2)c(OC)c1. The summed E-state index contributed by atoms with van der Waals surface area (Å²) in [7, 11) is 3.16. The Morgan fingerprint density at radius 1 is 1.04 bits per heavy atom. The second-order valence-corrected chi connectivity index (χ2v) is 5.62. The van der Waals surface area contributed by atoms with Crippen LogP contribution in [0.15, 0.2) is 36.4 Å². The zero-order valence-corrected chi connectivity index (χ0v) is 13.9. The highest BCUT2D eigenvalue weighted by Gasteiger charge is 2.22. The van der Waals surface area contributed by atoms with Crippen molar-refractivity contribution in [2.45, 2.75) is 26.2 Å². The van der Waals surface area contributed by atoms with Crippen LogP contribution in [0.3, 0.4) is 0 Å². The normalized spacial score (nSPS) is 11.8. The lowest BCUT2D eigenvalue weighted by Crippen LogP contribution is -2.15. The molecule has 1 unspecified atom stereocenters. The molecule has 0 saturated carbocycles. The highest BCUT2D eigenvalue weighted by molar-refractivity contribution is 5.77. The Labute approximate surface area is 136 Å². The summed E-state index contributed by atoms with van der Waals surface area (Å²) in [5.74, 6) is -0.134. The van der Waals surface area contributed by atoms with Gasteiger partial charge in [-0.25, -0.2) is 0 Å². The number of hydrogen-bond acceptors (Lipinski definition) is 3. The summed E-state index contributed by atoms with van der Waals surface area (Å²) in [5.41, 5.74) is 3.90. The molecule has 0 heterocycles. The number of benzene rings is 2. The molecule has 0 aliphatic heterocycles. The van der Waals surface area contributed by atoms with E-state index in [1.165, 1.54) is 0 Å². The van der Waals surface area contributed by atoms with Crippen LogP contribution in [0.25, 0.3) is 0 Å². The molecule has 0 aliphatic carbocycles. The summed E-state index contributed by atoms with van der Waals surface area (Å²) in [5, 5.41) is 9.65. The fourth-order valence-electron chi connectivity index (χ4n) is 2.57. The lowest BCUT2D eigenvalue weighted by Gasteiger charge is -2.17. The Balaban J connectivity index is 2.36. The predicted molar refractivity (Wildman–Crippen MR) is 89.5 cm³/mol. The molecule has 0 spiro atoms. The molecular formula is C19H22O4. The molecule has 4 nitrogen and oxygen atoms in total. The molecule has 0 aliphatic rings. The predicted octanol–water partition coefficient (Wildman–Crippen LogP) is 3.73. The summed E-state index contributed by atoms with van der Waals surface area (Å²) >= 11 is 0. The Morgan fingerprint density at radius 3 is 2.35 bits per heavy atom. The second kappa shape index (κ2) is 7.18. The number of ether oxygens (including phenoxy) is 2. The number of hydrogen-bond donors (Lipinski definition) is 1. The Kier molecular flexibility index (Phi) is 5.27. The quantitative estimate of drug-likeness (QED) is 0.882. The Bertz CT molecular complexity index is 707. The van der Waals surface area contributed by atoms with Crippen molar-refractivity contribution in [3.8, 4) is 11.5 Å². The van der Waals surface area contributed by atoms with Crippen LogP contribution in [0.1, 0.15) is 28.2 Å². The smallest absolute Gasteiger partial charge is 0.311 e. The number of methoxy groups -OCH3 is 2. The van der Waals surface area contributed by atoms with Crippen molar-refractivity contribution in [1.82, 2.24) is 0 Å². The van der Waals surface area contributed by atoms with E-state index in [1.807, 2.05) is 44.2 Å². The standard InChI is InChI=1S/C19H22O4/c1-12-5-6-14(9-13(12)2)17(19(20)21)10-15-7-8-16(22-3)11-18(15)23-4/h5-9,11,17H,10H2,1-4H3,(H,20,21). The van der Waals surface area contributed by atoms with Crippen LogP contribution in [0.5, 0.6) is 11.5 Å². The minimum Gasteiger partial charge on any atom is -0.497 e. The van der Waals surface area contributed by atoms with Crippen LogP contribution in [0.2, 0.25) is 0 Å². The molecule has 4 heteroatoms. The molecule has 0 fully saturated rings. The van der Waals surface area contributed by atoms with Gasteiger partial charge in [0.25, 0.3) is 0 Å². The van der Waals surface area contributed by atoms with Gasteiger partial charge in [-0.3, -0.25) is 4.79 Å². The first kappa shape index (κ1) is 16.9. The van der Waals surface area contributed by atoms with Crippen molar-refractivity contribution in [3.63, 3.8) is 0 Å². The van der Waals surface area contributed by atoms with Crippen LogP contribution in [-0.4, -0.2) is 25.3 Å². The first-order valence-electron chi connectivity index (χ1n) is 7.47. The van der Waals surface area contributed by atoms with E-state index in [-0.39, 0.29) is 0 Å². The number of aryl methyl sites for hydroxylation is 2. The van der Waals surface area contributed by atoms with E-state index in [2.05, 4.69) is 0 Å². The van der Waals surface area contributed by atoms with Gasteiger partial charge in [0.2, 0.25) is 0 Å². The van der Waals surface area contributed by atoms with Gasteiger partial charge in [0.1, 0.15) is 11.5 Å². The summed E-state index contributed by atoms with van der Waals surface area (Å²) in [4.78, 5) is 11.8. The highest BCUT2D eigenvalue weighted by atomic mass is 16.5. The molecular weight excluding hydrogens is 292 g/mol. The van der Waals surface area contributed by atoms with Crippen LogP contribution in [0.4, 0.5) is 0 Å². The maximum Gasteiger partial charge on any atom is 0.311 e. The number of carboxylic acid groups (broad SMARTS) is 1. The molecule has 2 aromatic carbocycles. The largest absolute Gasteiger partial charge is 0.497 e. The van der Waals surface area contributed by atoms with E-state index < -0.39 is 11.9 Å². The minimum atomic E-state index is -0.842. The van der Waals surface area contributed by atoms with E-state index in [0.29, 0.717) is 17.9 Å². The maximum absolute atomic E-state index is 11.8. The first-order valence-corrected chi connectivity index (χ1v) is 7.47. The molecule has 0 amide bonds. The van der Waals surface area contributed by atoms with Crippen molar-refractivity contribution >= 4 is 5.97 Å². The molecule has 23 heavy (non-hydrogen) atoms. The van der Waals surface area contributed by atoms with Gasteiger partial charge in [0.05, 0.1) is 20.1 Å². The van der Waals surface area contributed by atoms with Crippen LogP contribution in [-0.2, 0) is 11.2 Å². The lowest BCUT2D eigenvalue weighted by molar-refractivity contribution is -0.138. The van der Waals surface area contributed by atoms with E-state index in [1.54, 1.807) is 20.3 Å². The van der Waals surface area contributed by atoms with Gasteiger partial charge in [-0.15, -0.1) is 0 Å². The summed E-state index contributed by atoms with van der Waals surface area (Å²) in [6.07, 6.45) is 0.366. The third-order valence-electron chi connectivity index (χ3n) is 4.15. The fourth-order valence-corrected chi connectivity index (χ4v) is 2.57. The average molecular weight is 314 g/mol. The third-order valence-corrected chi connectivity index (χ3v) is 4.15. The van der Waals surface area contributed by atoms with E-state index in [9.17, 15) is 9.90 Å². The van der Waals surface area contributed by atoms with E-state index >= 15 is 0 Å². The fraction of sp³-hybridized carbons (Fsp3) is 0.316. The van der Waals surface area contributed by atoms with Crippen molar-refractivity contribution in [2.75, 3.05) is 14.2 Å². The van der Waals surface area contributed by atoms with Gasteiger partial charge in [0.15, 0.2) is 0 Å². The number of carbonyl (C=O) groups is 1. The number of carboxylic acids is 1. The highest BCUT2D eigenvalue weighted by Crippen LogP contribution is 2.30. The average Bonchev–Trinajstić information content (AvgIpc) is 2.55. The van der Waals surface area contributed by atoms with Crippen molar-refractivity contribution in [1.29, 1.82) is 0 Å². The molecule has 122 valence electrons. The van der Waals surface area contributed by atoms with Crippen LogP contribution >= 0.6 is 0 Å². The Morgan fingerprint density at radius 2 is 1.78 bits per heavy atom. The third kappa shape index (κ3) is 3.83. The van der Waals surface area contributed by atoms with E-state index in [0.717, 1.165) is 22.3 Å². The topological polar surface area (TPSA) is 55.8 Å². The van der Waals surface area contributed by atoms with Gasteiger partial charge < -0.3 is 14.6 Å². The van der Waals surface area contributed by atoms with Crippen molar-refractivity contribution < 1.29 is 19.4 Å². The molecule has 0 saturated heterocycles. The second-order valence-electron chi connectivity index (χ2n) is 5.62. The lowest BCUT2D eigenvalue weighted by atomic mass is 9.90. The monoisotopic (exact) mass is 314 g/mol. The number of rotatable bonds is 6. The first-order chi connectivity index (χ1) is 11.0. The van der Waals surface area contributed by atoms with Gasteiger partial charge in [0, 0.05) is 6.07 Å². The molecule has 1 N–H and O–H groups in total. The summed E-state index contributed by atoms with van der Waals surface area (Å²) < 4.78 is 10.6. The van der Waals surface area contributed by atoms with Gasteiger partial charge in [-0.2, -0.15) is 0 Å². The molecule has 0 aromatic heterocycles. The maximum atomic E-state index is 11.8. The molecule has 2 aromatic rings. The Hall–Kier alpha value is -2.49. The zero-order valence-electron chi connectivity index (χ0n) is 13.9. The van der Waals surface area contributed by atoms with E-state index in [4.69, 9.17) is 9.47 Å². The summed E-state index contributed by atoms with van der Waals surface area (Å²) in [6, 6.07) is 11.2. The number of aliphatic carboxylic acids is 1. The van der Waals surface area contributed by atoms with Crippen LogP contribution in [0, 0.1) is 13.8 Å².